The van der Waals surface area contributed by atoms with Crippen LogP contribution in [0.5, 0.6) is 0 Å². The van der Waals surface area contributed by atoms with Crippen molar-refractivity contribution >= 4 is 17.2 Å². The number of aromatic nitrogens is 2. The molecule has 1 aliphatic rings. The van der Waals surface area contributed by atoms with Crippen LogP contribution >= 0.6 is 11.3 Å². The Morgan fingerprint density at radius 2 is 2.32 bits per heavy atom. The van der Waals surface area contributed by atoms with Crippen LogP contribution in [-0.4, -0.2) is 27.1 Å². The van der Waals surface area contributed by atoms with Gasteiger partial charge in [-0.3, -0.25) is 4.79 Å². The van der Waals surface area contributed by atoms with Crippen LogP contribution in [0.2, 0.25) is 0 Å². The first-order valence-electron chi connectivity index (χ1n) is 7.61. The van der Waals surface area contributed by atoms with E-state index in [4.69, 9.17) is 0 Å². The summed E-state index contributed by atoms with van der Waals surface area (Å²) in [6.07, 6.45) is 6.10. The van der Waals surface area contributed by atoms with Gasteiger partial charge in [-0.25, -0.2) is 4.98 Å². The Morgan fingerprint density at radius 3 is 3.09 bits per heavy atom. The van der Waals surface area contributed by atoms with E-state index in [1.165, 1.54) is 23.5 Å². The normalized spacial score (nSPS) is 16.8. The smallest absolute Gasteiger partial charge is 0.240 e. The van der Waals surface area contributed by atoms with E-state index >= 15 is 0 Å². The van der Waals surface area contributed by atoms with Gasteiger partial charge in [-0.2, -0.15) is 11.3 Å². The van der Waals surface area contributed by atoms with Gasteiger partial charge in [0.15, 0.2) is 0 Å². The monoisotopic (exact) mass is 319 g/mol. The summed E-state index contributed by atoms with van der Waals surface area (Å²) in [7, 11) is 0. The van der Waals surface area contributed by atoms with E-state index in [1.54, 1.807) is 13.3 Å². The third-order valence-corrected chi connectivity index (χ3v) is 4.88. The van der Waals surface area contributed by atoms with Crippen LogP contribution in [0.1, 0.15) is 36.7 Å². The van der Waals surface area contributed by atoms with Crippen LogP contribution in [0.4, 0.5) is 0 Å². The molecule has 2 aromatic heterocycles. The van der Waals surface area contributed by atoms with Gasteiger partial charge in [0, 0.05) is 5.69 Å². The Labute approximate surface area is 134 Å². The molecule has 22 heavy (non-hydrogen) atoms. The second-order valence-corrected chi connectivity index (χ2v) is 6.82. The molecule has 0 radical (unpaired) electrons. The molecule has 2 heterocycles. The standard InChI is InChI=1S/C16H21N3O2S/c1-16(21,12-6-7-22-9-12)10-17-15(20)8-19-11-18-13-4-2-3-5-14(13)19/h6-7,9,11,21H,2-5,8,10H2,1H3,(H,17,20). The number of amides is 1. The van der Waals surface area contributed by atoms with E-state index in [0.717, 1.165) is 30.5 Å². The molecule has 1 amide bonds. The average Bonchev–Trinajstić information content (AvgIpc) is 3.16. The van der Waals surface area contributed by atoms with Crippen LogP contribution in [-0.2, 0) is 29.8 Å². The second kappa shape index (κ2) is 6.22. The van der Waals surface area contributed by atoms with Crippen LogP contribution in [0.25, 0.3) is 0 Å². The summed E-state index contributed by atoms with van der Waals surface area (Å²) >= 11 is 1.53. The topological polar surface area (TPSA) is 67.2 Å². The van der Waals surface area contributed by atoms with Crippen molar-refractivity contribution in [3.63, 3.8) is 0 Å². The number of aryl methyl sites for hydroxylation is 1. The summed E-state index contributed by atoms with van der Waals surface area (Å²) in [5.74, 6) is -0.0960. The largest absolute Gasteiger partial charge is 0.384 e. The zero-order valence-electron chi connectivity index (χ0n) is 12.7. The molecule has 0 saturated heterocycles. The number of carbonyl (C=O) groups is 1. The van der Waals surface area contributed by atoms with Gasteiger partial charge in [0.2, 0.25) is 5.91 Å². The van der Waals surface area contributed by atoms with Gasteiger partial charge in [0.25, 0.3) is 0 Å². The fraction of sp³-hybridized carbons (Fsp3) is 0.500. The lowest BCUT2D eigenvalue weighted by Gasteiger charge is -2.23. The number of nitrogens with zero attached hydrogens (tertiary/aromatic N) is 2. The highest BCUT2D eigenvalue weighted by atomic mass is 32.1. The lowest BCUT2D eigenvalue weighted by atomic mass is 9.99. The van der Waals surface area contributed by atoms with Gasteiger partial charge in [-0.15, -0.1) is 0 Å². The molecule has 1 atom stereocenters. The molecule has 1 unspecified atom stereocenters. The number of hydrogen-bond acceptors (Lipinski definition) is 4. The average molecular weight is 319 g/mol. The number of aliphatic hydroxyl groups is 1. The third kappa shape index (κ3) is 3.23. The molecule has 0 aliphatic heterocycles. The summed E-state index contributed by atoms with van der Waals surface area (Å²) in [4.78, 5) is 16.5. The number of hydrogen-bond donors (Lipinski definition) is 2. The number of fused-ring (bicyclic) bond motifs is 1. The maximum Gasteiger partial charge on any atom is 0.240 e. The quantitative estimate of drug-likeness (QED) is 0.884. The van der Waals surface area contributed by atoms with E-state index in [9.17, 15) is 9.90 Å². The first-order chi connectivity index (χ1) is 10.6. The summed E-state index contributed by atoms with van der Waals surface area (Å²) in [6, 6.07) is 1.88. The highest BCUT2D eigenvalue weighted by molar-refractivity contribution is 7.08. The van der Waals surface area contributed by atoms with Gasteiger partial charge in [-0.05, 0) is 55.0 Å². The molecule has 0 saturated carbocycles. The molecule has 0 fully saturated rings. The summed E-state index contributed by atoms with van der Waals surface area (Å²) in [5.41, 5.74) is 2.11. The van der Waals surface area contributed by atoms with Gasteiger partial charge < -0.3 is 15.0 Å². The number of rotatable bonds is 5. The maximum atomic E-state index is 12.1. The van der Waals surface area contributed by atoms with E-state index in [-0.39, 0.29) is 19.0 Å². The van der Waals surface area contributed by atoms with Crippen molar-refractivity contribution in [1.82, 2.24) is 14.9 Å². The van der Waals surface area contributed by atoms with Crippen LogP contribution in [0.15, 0.2) is 23.2 Å². The fourth-order valence-electron chi connectivity index (χ4n) is 2.82. The molecule has 6 heteroatoms. The Bertz CT molecular complexity index is 646. The SMILES string of the molecule is CC(O)(CNC(=O)Cn1cnc2c1CCCC2)c1ccsc1. The number of nitrogens with one attached hydrogen (secondary N) is 1. The lowest BCUT2D eigenvalue weighted by Crippen LogP contribution is -2.39. The minimum Gasteiger partial charge on any atom is -0.384 e. The number of carbonyl (C=O) groups excluding carboxylic acids is 1. The van der Waals surface area contributed by atoms with Gasteiger partial charge >= 0.3 is 0 Å². The lowest BCUT2D eigenvalue weighted by molar-refractivity contribution is -0.122. The van der Waals surface area contributed by atoms with Crippen LogP contribution in [0, 0.1) is 0 Å². The van der Waals surface area contributed by atoms with E-state index in [2.05, 4.69) is 10.3 Å². The molecule has 3 rings (SSSR count). The van der Waals surface area contributed by atoms with E-state index in [1.807, 2.05) is 21.4 Å². The summed E-state index contributed by atoms with van der Waals surface area (Å²) in [5, 5.41) is 17.1. The molecule has 118 valence electrons. The molecular formula is C16H21N3O2S. The highest BCUT2D eigenvalue weighted by Crippen LogP contribution is 2.22. The summed E-state index contributed by atoms with van der Waals surface area (Å²) < 4.78 is 1.93. The molecular weight excluding hydrogens is 298 g/mol. The van der Waals surface area contributed by atoms with E-state index < -0.39 is 5.60 Å². The minimum atomic E-state index is -1.04. The van der Waals surface area contributed by atoms with Crippen LogP contribution in [0.3, 0.4) is 0 Å². The van der Waals surface area contributed by atoms with Crippen molar-refractivity contribution in [2.45, 2.75) is 44.8 Å². The predicted molar refractivity (Wildman–Crippen MR) is 85.8 cm³/mol. The Balaban J connectivity index is 1.58. The first kappa shape index (κ1) is 15.2. The molecule has 0 bridgehead atoms. The predicted octanol–water partition coefficient (Wildman–Crippen LogP) is 1.85. The van der Waals surface area contributed by atoms with Crippen LogP contribution < -0.4 is 5.32 Å². The molecule has 0 spiro atoms. The van der Waals surface area contributed by atoms with Crippen molar-refractivity contribution in [2.75, 3.05) is 6.54 Å². The van der Waals surface area contributed by atoms with Gasteiger partial charge in [0.1, 0.15) is 12.1 Å². The van der Waals surface area contributed by atoms with Crippen molar-refractivity contribution < 1.29 is 9.90 Å². The maximum absolute atomic E-state index is 12.1. The fourth-order valence-corrected chi connectivity index (χ4v) is 3.60. The van der Waals surface area contributed by atoms with Gasteiger partial charge in [0.05, 0.1) is 18.6 Å². The zero-order valence-corrected chi connectivity index (χ0v) is 13.5. The van der Waals surface area contributed by atoms with E-state index in [0.29, 0.717) is 0 Å². The molecule has 2 aromatic rings. The molecule has 5 nitrogen and oxygen atoms in total. The Hall–Kier alpha value is -1.66. The Kier molecular flexibility index (Phi) is 4.31. The highest BCUT2D eigenvalue weighted by Gasteiger charge is 2.24. The number of thiophene rings is 1. The summed E-state index contributed by atoms with van der Waals surface area (Å²) in [6.45, 7) is 2.19. The molecule has 0 aromatic carbocycles. The minimum absolute atomic E-state index is 0.0960. The van der Waals surface area contributed by atoms with Gasteiger partial charge in [-0.1, -0.05) is 0 Å². The van der Waals surface area contributed by atoms with Crippen molar-refractivity contribution in [3.05, 3.63) is 40.1 Å². The molecule has 2 N–H and O–H groups in total. The first-order valence-corrected chi connectivity index (χ1v) is 8.55. The number of imidazole rings is 1. The van der Waals surface area contributed by atoms with Crippen molar-refractivity contribution in [2.24, 2.45) is 0 Å². The second-order valence-electron chi connectivity index (χ2n) is 6.04. The van der Waals surface area contributed by atoms with Crippen molar-refractivity contribution in [1.29, 1.82) is 0 Å². The Morgan fingerprint density at radius 1 is 1.50 bits per heavy atom. The third-order valence-electron chi connectivity index (χ3n) is 4.20. The van der Waals surface area contributed by atoms with Crippen molar-refractivity contribution in [3.8, 4) is 0 Å². The molecule has 1 aliphatic carbocycles. The zero-order chi connectivity index (χ0) is 15.6.